The van der Waals surface area contributed by atoms with Gasteiger partial charge in [0, 0.05) is 7.11 Å². The first kappa shape index (κ1) is 16.2. The van der Waals surface area contributed by atoms with Crippen LogP contribution in [-0.2, 0) is 32.4 Å². The van der Waals surface area contributed by atoms with Crippen LogP contribution in [0.5, 0.6) is 0 Å². The van der Waals surface area contributed by atoms with Crippen molar-refractivity contribution in [1.29, 1.82) is 0 Å². The average Bonchev–Trinajstić information content (AvgIpc) is 1.35. The molecule has 0 unspecified atom stereocenters. The van der Waals surface area contributed by atoms with E-state index in [0.29, 0.717) is 0 Å². The quantitative estimate of drug-likeness (QED) is 0.470. The summed E-state index contributed by atoms with van der Waals surface area (Å²) in [4.78, 5) is 0. The molecule has 0 amide bonds. The molecule has 0 spiro atoms. The van der Waals surface area contributed by atoms with Gasteiger partial charge in [-0.25, -0.2) is 0 Å². The topological polar surface area (TPSA) is 9.23 Å². The zero-order valence-corrected chi connectivity index (χ0v) is 13.1. The maximum atomic E-state index is 4.94. The zero-order chi connectivity index (χ0) is 5.21. The van der Waals surface area contributed by atoms with E-state index in [0.717, 1.165) is 0 Å². The summed E-state index contributed by atoms with van der Waals surface area (Å²) in [7, 11) is 1.71. The summed E-state index contributed by atoms with van der Waals surface area (Å²) in [5, 5.41) is 0. The van der Waals surface area contributed by atoms with Crippen molar-refractivity contribution in [3.63, 3.8) is 0 Å². The Morgan fingerprint density at radius 2 is 1.25 bits per heavy atom. The predicted octanol–water partition coefficient (Wildman–Crippen LogP) is -1.57. The molecule has 0 aliphatic carbocycles. The third-order valence-electron chi connectivity index (χ3n) is 0.612. The van der Waals surface area contributed by atoms with Gasteiger partial charge in [0.2, 0.25) is 0 Å². The van der Waals surface area contributed by atoms with E-state index in [2.05, 4.69) is 0 Å². The number of hydrogen-bond acceptors (Lipinski definition) is 1. The largest absolute Gasteiger partial charge is 1.00 e. The smallest absolute Gasteiger partial charge is 1.00 e. The Bertz CT molecular complexity index is 42.2. The molecule has 47 valence electrons. The molecule has 1 radical (unpaired) electrons. The number of hydrogen-bond donors (Lipinski definition) is 0. The SMILES string of the molecule is COC(C)(C)C.[Br-].[Hg+]. The van der Waals surface area contributed by atoms with Crippen molar-refractivity contribution in [2.45, 2.75) is 26.4 Å². The Kier molecular flexibility index (Phi) is 13.1. The van der Waals surface area contributed by atoms with Crippen molar-refractivity contribution in [1.82, 2.24) is 0 Å². The molecule has 0 aliphatic heterocycles. The van der Waals surface area contributed by atoms with Gasteiger partial charge in [-0.2, -0.15) is 0 Å². The summed E-state index contributed by atoms with van der Waals surface area (Å²) < 4.78 is 4.94. The maximum absolute atomic E-state index is 4.94. The molecule has 0 bridgehead atoms. The van der Waals surface area contributed by atoms with Crippen molar-refractivity contribution >= 4 is 0 Å². The fourth-order valence-corrected chi connectivity index (χ4v) is 0. The Morgan fingerprint density at radius 1 is 1.12 bits per heavy atom. The summed E-state index contributed by atoms with van der Waals surface area (Å²) in [5.74, 6) is 0. The molecule has 1 nitrogen and oxygen atoms in total. The molecule has 0 N–H and O–H groups in total. The molecule has 0 aliphatic rings. The van der Waals surface area contributed by atoms with E-state index in [9.17, 15) is 0 Å². The minimum absolute atomic E-state index is 0. The first-order chi connectivity index (χ1) is 2.56. The summed E-state index contributed by atoms with van der Waals surface area (Å²) in [6, 6.07) is 0. The number of rotatable bonds is 0. The molecule has 0 aromatic rings. The van der Waals surface area contributed by atoms with Crippen LogP contribution in [0.15, 0.2) is 0 Å². The molecular formula is C5H12BrHgO. The van der Waals surface area contributed by atoms with Crippen molar-refractivity contribution in [3.05, 3.63) is 0 Å². The number of methoxy groups -OCH3 is 1. The number of ether oxygens (including phenoxy) is 1. The first-order valence-electron chi connectivity index (χ1n) is 2.11. The van der Waals surface area contributed by atoms with Crippen LogP contribution in [0.3, 0.4) is 0 Å². The van der Waals surface area contributed by atoms with E-state index in [1.54, 1.807) is 7.11 Å². The second-order valence-electron chi connectivity index (χ2n) is 2.32. The molecular weight excluding hydrogens is 357 g/mol. The second kappa shape index (κ2) is 6.49. The van der Waals surface area contributed by atoms with Crippen LogP contribution in [0.2, 0.25) is 0 Å². The minimum atomic E-state index is 0. The van der Waals surface area contributed by atoms with E-state index >= 15 is 0 Å². The Labute approximate surface area is 82.5 Å². The first-order valence-corrected chi connectivity index (χ1v) is 2.11. The van der Waals surface area contributed by atoms with Crippen molar-refractivity contribution in [3.8, 4) is 0 Å². The van der Waals surface area contributed by atoms with Crippen molar-refractivity contribution in [2.75, 3.05) is 7.11 Å². The predicted molar refractivity (Wildman–Crippen MR) is 26.8 cm³/mol. The molecule has 0 atom stereocenters. The van der Waals surface area contributed by atoms with Crippen LogP contribution < -0.4 is 17.0 Å². The monoisotopic (exact) mass is 369 g/mol. The summed E-state index contributed by atoms with van der Waals surface area (Å²) in [5.41, 5.74) is 0.0417. The van der Waals surface area contributed by atoms with E-state index in [4.69, 9.17) is 4.74 Å². The van der Waals surface area contributed by atoms with E-state index < -0.39 is 0 Å². The van der Waals surface area contributed by atoms with Crippen LogP contribution >= 0.6 is 0 Å². The van der Waals surface area contributed by atoms with Gasteiger partial charge >= 0.3 is 27.7 Å². The summed E-state index contributed by atoms with van der Waals surface area (Å²) in [6.07, 6.45) is 0. The molecule has 8 heavy (non-hydrogen) atoms. The summed E-state index contributed by atoms with van der Waals surface area (Å²) in [6.45, 7) is 6.06. The van der Waals surface area contributed by atoms with Crippen LogP contribution in [-0.4, -0.2) is 12.7 Å². The Hall–Kier alpha value is 1.38. The van der Waals surface area contributed by atoms with Gasteiger partial charge in [0.25, 0.3) is 0 Å². The number of halogens is 1. The van der Waals surface area contributed by atoms with Crippen LogP contribution in [0.25, 0.3) is 0 Å². The van der Waals surface area contributed by atoms with Gasteiger partial charge in [0.1, 0.15) is 0 Å². The third-order valence-corrected chi connectivity index (χ3v) is 0.612. The second-order valence-corrected chi connectivity index (χ2v) is 2.32. The molecule has 0 aromatic carbocycles. The van der Waals surface area contributed by atoms with E-state index in [1.165, 1.54) is 0 Å². The van der Waals surface area contributed by atoms with Gasteiger partial charge in [-0.3, -0.25) is 0 Å². The minimum Gasteiger partial charge on any atom is -1.00 e. The summed E-state index contributed by atoms with van der Waals surface area (Å²) >= 11 is 0. The molecule has 0 rings (SSSR count). The molecule has 0 heterocycles. The maximum Gasteiger partial charge on any atom is 1.00 e. The Balaban J connectivity index is -0.000000125. The van der Waals surface area contributed by atoms with E-state index in [1.807, 2.05) is 20.8 Å². The van der Waals surface area contributed by atoms with Gasteiger partial charge in [-0.15, -0.1) is 0 Å². The third kappa shape index (κ3) is 15.7. The molecule has 0 aromatic heterocycles. The zero-order valence-electron chi connectivity index (χ0n) is 5.99. The molecule has 0 fully saturated rings. The van der Waals surface area contributed by atoms with Gasteiger partial charge in [-0.1, -0.05) is 0 Å². The molecule has 0 saturated carbocycles. The molecule has 3 heteroatoms. The van der Waals surface area contributed by atoms with Gasteiger partial charge in [-0.05, 0) is 20.8 Å². The van der Waals surface area contributed by atoms with Crippen LogP contribution in [0.1, 0.15) is 20.8 Å². The molecule has 0 saturated heterocycles. The van der Waals surface area contributed by atoms with Crippen molar-refractivity contribution < 1.29 is 49.4 Å². The Morgan fingerprint density at radius 3 is 1.25 bits per heavy atom. The fourth-order valence-electron chi connectivity index (χ4n) is 0. The van der Waals surface area contributed by atoms with Gasteiger partial charge < -0.3 is 21.7 Å². The standard InChI is InChI=1S/C5H12O.BrH.Hg/c1-5(2,3)6-4;;/h1-4H3;1H;/q;;+1/p-1. The normalized spacial score (nSPS) is 9.00. The fraction of sp³-hybridized carbons (Fsp3) is 1.00. The average molecular weight is 369 g/mol. The van der Waals surface area contributed by atoms with E-state index in [-0.39, 0.29) is 50.3 Å². The van der Waals surface area contributed by atoms with Gasteiger partial charge in [0.15, 0.2) is 0 Å². The van der Waals surface area contributed by atoms with Crippen LogP contribution in [0, 0.1) is 0 Å². The van der Waals surface area contributed by atoms with Crippen LogP contribution in [0.4, 0.5) is 0 Å². The van der Waals surface area contributed by atoms with Gasteiger partial charge in [0.05, 0.1) is 5.60 Å². The van der Waals surface area contributed by atoms with Crippen molar-refractivity contribution in [2.24, 2.45) is 0 Å².